The molecule has 1 aromatic carbocycles. The van der Waals surface area contributed by atoms with E-state index in [2.05, 4.69) is 90.0 Å². The Morgan fingerprint density at radius 1 is 0.458 bits per heavy atom. The second-order valence-corrected chi connectivity index (χ2v) is 11.5. The topological polar surface area (TPSA) is 20.2 Å². The van der Waals surface area contributed by atoms with E-state index in [4.69, 9.17) is 0 Å². The summed E-state index contributed by atoms with van der Waals surface area (Å²) in [5.74, 6) is 0.491. The highest BCUT2D eigenvalue weighted by Gasteiger charge is 2.39. The first-order valence-electron chi connectivity index (χ1n) is 9.22. The van der Waals surface area contributed by atoms with Crippen molar-refractivity contribution in [2.45, 2.75) is 112 Å². The minimum Gasteiger partial charge on any atom is -0.507 e. The van der Waals surface area contributed by atoms with Crippen LogP contribution in [-0.4, -0.2) is 5.11 Å². The number of hydrogen-bond donors (Lipinski definition) is 1. The van der Waals surface area contributed by atoms with Gasteiger partial charge in [-0.1, -0.05) is 83.1 Å². The molecule has 1 aromatic rings. The lowest BCUT2D eigenvalue weighted by Gasteiger charge is -2.42. The van der Waals surface area contributed by atoms with Crippen molar-refractivity contribution >= 4 is 0 Å². The summed E-state index contributed by atoms with van der Waals surface area (Å²) in [5, 5.41) is 11.2. The summed E-state index contributed by atoms with van der Waals surface area (Å²) in [7, 11) is 0. The SMILES string of the molecule is Cc1c(O)c(C(C)(C)C)c(C(C)(C)C)c(C(C)(C)C)c1C(C)(C)C. The zero-order valence-electron chi connectivity index (χ0n) is 18.4. The molecule has 0 fully saturated rings. The first kappa shape index (κ1) is 21.1. The number of phenolic OH excluding ortho intramolecular Hbond substituents is 1. The van der Waals surface area contributed by atoms with Crippen LogP contribution in [0.5, 0.6) is 5.75 Å². The van der Waals surface area contributed by atoms with Crippen molar-refractivity contribution in [3.63, 3.8) is 0 Å². The average Bonchev–Trinajstić information content (AvgIpc) is 2.25. The normalized spacial score (nSPS) is 14.2. The molecule has 1 rings (SSSR count). The van der Waals surface area contributed by atoms with Crippen LogP contribution in [0, 0.1) is 6.92 Å². The molecular formula is C23H40O. The zero-order chi connectivity index (χ0) is 19.5. The highest BCUT2D eigenvalue weighted by molar-refractivity contribution is 5.62. The molecule has 1 nitrogen and oxygen atoms in total. The highest BCUT2D eigenvalue weighted by Crippen LogP contribution is 2.50. The highest BCUT2D eigenvalue weighted by atomic mass is 16.3. The molecule has 0 saturated heterocycles. The third kappa shape index (κ3) is 3.81. The molecule has 138 valence electrons. The molecule has 1 heteroatoms. The Hall–Kier alpha value is -0.980. The van der Waals surface area contributed by atoms with Gasteiger partial charge in [0, 0.05) is 5.56 Å². The van der Waals surface area contributed by atoms with Gasteiger partial charge in [0.25, 0.3) is 0 Å². The maximum Gasteiger partial charge on any atom is 0.122 e. The van der Waals surface area contributed by atoms with Crippen molar-refractivity contribution in [3.8, 4) is 5.75 Å². The van der Waals surface area contributed by atoms with Crippen LogP contribution in [-0.2, 0) is 21.7 Å². The Kier molecular flexibility index (Phi) is 5.07. The lowest BCUT2D eigenvalue weighted by Crippen LogP contribution is -2.33. The molecule has 24 heavy (non-hydrogen) atoms. The molecular weight excluding hydrogens is 292 g/mol. The fourth-order valence-corrected chi connectivity index (χ4v) is 4.03. The second kappa shape index (κ2) is 5.78. The van der Waals surface area contributed by atoms with Gasteiger partial charge in [0.05, 0.1) is 0 Å². The van der Waals surface area contributed by atoms with Gasteiger partial charge in [-0.15, -0.1) is 0 Å². The van der Waals surface area contributed by atoms with Crippen LogP contribution in [0.1, 0.15) is 111 Å². The maximum atomic E-state index is 11.2. The number of benzene rings is 1. The van der Waals surface area contributed by atoms with Gasteiger partial charge in [0.1, 0.15) is 5.75 Å². The molecule has 0 spiro atoms. The van der Waals surface area contributed by atoms with Crippen LogP contribution >= 0.6 is 0 Å². The van der Waals surface area contributed by atoms with Gasteiger partial charge in [-0.25, -0.2) is 0 Å². The van der Waals surface area contributed by atoms with Crippen LogP contribution in [0.2, 0.25) is 0 Å². The molecule has 0 amide bonds. The van der Waals surface area contributed by atoms with Gasteiger partial charge < -0.3 is 5.11 Å². The quantitative estimate of drug-likeness (QED) is 0.548. The molecule has 0 bridgehead atoms. The third-order valence-corrected chi connectivity index (χ3v) is 4.72. The molecule has 0 heterocycles. The first-order chi connectivity index (χ1) is 10.3. The Morgan fingerprint density at radius 2 is 0.708 bits per heavy atom. The van der Waals surface area contributed by atoms with E-state index in [-0.39, 0.29) is 21.7 Å². The first-order valence-corrected chi connectivity index (χ1v) is 9.22. The number of phenols is 1. The maximum absolute atomic E-state index is 11.2. The van der Waals surface area contributed by atoms with Crippen LogP contribution in [0.25, 0.3) is 0 Å². The van der Waals surface area contributed by atoms with Crippen molar-refractivity contribution in [1.82, 2.24) is 0 Å². The second-order valence-electron chi connectivity index (χ2n) is 11.5. The Bertz CT molecular complexity index is 564. The molecule has 0 atom stereocenters. The molecule has 0 saturated carbocycles. The third-order valence-electron chi connectivity index (χ3n) is 4.72. The Morgan fingerprint density at radius 3 is 0.958 bits per heavy atom. The molecule has 0 aliphatic rings. The van der Waals surface area contributed by atoms with Crippen molar-refractivity contribution < 1.29 is 5.11 Å². The summed E-state index contributed by atoms with van der Waals surface area (Å²) in [6.07, 6.45) is 0. The summed E-state index contributed by atoms with van der Waals surface area (Å²) >= 11 is 0. The number of rotatable bonds is 0. The predicted molar refractivity (Wildman–Crippen MR) is 108 cm³/mol. The summed E-state index contributed by atoms with van der Waals surface area (Å²) in [5.41, 5.74) is 6.09. The number of hydrogen-bond acceptors (Lipinski definition) is 1. The van der Waals surface area contributed by atoms with Crippen LogP contribution < -0.4 is 0 Å². The molecule has 0 aliphatic carbocycles. The van der Waals surface area contributed by atoms with Gasteiger partial charge in [-0.05, 0) is 50.8 Å². The fourth-order valence-electron chi connectivity index (χ4n) is 4.03. The van der Waals surface area contributed by atoms with E-state index in [1.165, 1.54) is 16.7 Å². The summed E-state index contributed by atoms with van der Waals surface area (Å²) < 4.78 is 0. The molecule has 0 radical (unpaired) electrons. The molecule has 0 aromatic heterocycles. The van der Waals surface area contributed by atoms with Crippen LogP contribution in [0.4, 0.5) is 0 Å². The smallest absolute Gasteiger partial charge is 0.122 e. The van der Waals surface area contributed by atoms with E-state index >= 15 is 0 Å². The molecule has 1 N–H and O–H groups in total. The van der Waals surface area contributed by atoms with Crippen LogP contribution in [0.3, 0.4) is 0 Å². The summed E-state index contributed by atoms with van der Waals surface area (Å²) in [6, 6.07) is 0. The predicted octanol–water partition coefficient (Wildman–Crippen LogP) is 6.89. The molecule has 0 aliphatic heterocycles. The van der Waals surface area contributed by atoms with Gasteiger partial charge >= 0.3 is 0 Å². The van der Waals surface area contributed by atoms with Crippen molar-refractivity contribution in [3.05, 3.63) is 27.8 Å². The molecule has 0 unspecified atom stereocenters. The fraction of sp³-hybridized carbons (Fsp3) is 0.739. The van der Waals surface area contributed by atoms with E-state index in [1.807, 2.05) is 0 Å². The Labute approximate surface area is 150 Å². The van der Waals surface area contributed by atoms with Crippen molar-refractivity contribution in [2.24, 2.45) is 0 Å². The number of aromatic hydroxyl groups is 1. The van der Waals surface area contributed by atoms with Gasteiger partial charge in [-0.2, -0.15) is 0 Å². The van der Waals surface area contributed by atoms with E-state index in [1.54, 1.807) is 0 Å². The summed E-state index contributed by atoms with van der Waals surface area (Å²) in [6.45, 7) is 29.2. The zero-order valence-corrected chi connectivity index (χ0v) is 18.4. The van der Waals surface area contributed by atoms with E-state index in [0.717, 1.165) is 11.1 Å². The monoisotopic (exact) mass is 332 g/mol. The van der Waals surface area contributed by atoms with E-state index in [9.17, 15) is 5.11 Å². The van der Waals surface area contributed by atoms with E-state index in [0.29, 0.717) is 5.75 Å². The average molecular weight is 333 g/mol. The minimum absolute atomic E-state index is 0.0133. The van der Waals surface area contributed by atoms with Gasteiger partial charge in [0.2, 0.25) is 0 Å². The van der Waals surface area contributed by atoms with Crippen molar-refractivity contribution in [2.75, 3.05) is 0 Å². The lowest BCUT2D eigenvalue weighted by molar-refractivity contribution is 0.415. The van der Waals surface area contributed by atoms with Crippen LogP contribution in [0.15, 0.2) is 0 Å². The van der Waals surface area contributed by atoms with Gasteiger partial charge in [0.15, 0.2) is 0 Å². The largest absolute Gasteiger partial charge is 0.507 e. The Balaban J connectivity index is 4.34. The minimum atomic E-state index is -0.103. The lowest BCUT2D eigenvalue weighted by atomic mass is 9.63. The van der Waals surface area contributed by atoms with Crippen molar-refractivity contribution in [1.29, 1.82) is 0 Å². The standard InChI is InChI=1S/C23H40O/c1-14-15(20(2,3)4)16(21(5,6)7)17(22(8,9)10)18(19(14)24)23(11,12)13/h24H,1-13H3. The van der Waals surface area contributed by atoms with E-state index < -0.39 is 0 Å². The summed E-state index contributed by atoms with van der Waals surface area (Å²) in [4.78, 5) is 0. The van der Waals surface area contributed by atoms with Gasteiger partial charge in [-0.3, -0.25) is 0 Å².